The molecule has 1 aliphatic heterocycles. The Bertz CT molecular complexity index is 918. The van der Waals surface area contributed by atoms with Crippen LogP contribution in [0.15, 0.2) is 66.2 Å². The van der Waals surface area contributed by atoms with Crippen molar-refractivity contribution in [1.82, 2.24) is 0 Å². The average molecular weight is 375 g/mol. The van der Waals surface area contributed by atoms with Crippen molar-refractivity contribution < 1.29 is 14.3 Å². The normalized spacial score (nSPS) is 23.5. The summed E-state index contributed by atoms with van der Waals surface area (Å²) < 4.78 is 5.51. The highest BCUT2D eigenvalue weighted by atomic mass is 16.5. The van der Waals surface area contributed by atoms with Crippen LogP contribution in [-0.4, -0.2) is 18.5 Å². The average Bonchev–Trinajstić information content (AvgIpc) is 3.23. The van der Waals surface area contributed by atoms with Gasteiger partial charge < -0.3 is 10.1 Å². The number of anilines is 1. The molecule has 4 heteroatoms. The van der Waals surface area contributed by atoms with Crippen LogP contribution in [0.25, 0.3) is 0 Å². The molecular formula is C24H25NO3. The highest BCUT2D eigenvalue weighted by molar-refractivity contribution is 6.13. The number of para-hydroxylation sites is 1. The van der Waals surface area contributed by atoms with Crippen LogP contribution in [0.3, 0.4) is 0 Å². The van der Waals surface area contributed by atoms with Crippen LogP contribution in [0, 0.1) is 5.41 Å². The molecular weight excluding hydrogens is 350 g/mol. The van der Waals surface area contributed by atoms with Crippen LogP contribution in [-0.2, 0) is 20.7 Å². The minimum atomic E-state index is -1.30. The van der Waals surface area contributed by atoms with Crippen LogP contribution in [0.1, 0.15) is 43.2 Å². The monoisotopic (exact) mass is 375 g/mol. The molecule has 2 aromatic rings. The third-order valence-electron chi connectivity index (χ3n) is 5.83. The molecule has 1 N–H and O–H groups in total. The van der Waals surface area contributed by atoms with Gasteiger partial charge in [-0.2, -0.15) is 0 Å². The molecule has 0 bridgehead atoms. The van der Waals surface area contributed by atoms with E-state index in [1.807, 2.05) is 54.6 Å². The first-order valence-electron chi connectivity index (χ1n) is 9.97. The number of benzene rings is 2. The second-order valence-electron chi connectivity index (χ2n) is 7.50. The number of nitrogens with one attached hydrogen (secondary N) is 1. The molecule has 1 amide bonds. The smallest absolute Gasteiger partial charge is 0.322 e. The molecule has 4 rings (SSSR count). The topological polar surface area (TPSA) is 55.4 Å². The van der Waals surface area contributed by atoms with Crippen molar-refractivity contribution >= 4 is 17.6 Å². The molecule has 0 saturated heterocycles. The number of hydrogen-bond acceptors (Lipinski definition) is 3. The van der Waals surface area contributed by atoms with Crippen LogP contribution < -0.4 is 5.32 Å². The lowest BCUT2D eigenvalue weighted by molar-refractivity contribution is -0.161. The van der Waals surface area contributed by atoms with E-state index in [4.69, 9.17) is 4.74 Å². The van der Waals surface area contributed by atoms with Crippen molar-refractivity contribution in [2.45, 2.75) is 38.5 Å². The van der Waals surface area contributed by atoms with Gasteiger partial charge in [0, 0.05) is 11.6 Å². The van der Waals surface area contributed by atoms with E-state index in [2.05, 4.69) is 11.4 Å². The van der Waals surface area contributed by atoms with Gasteiger partial charge in [-0.1, -0.05) is 60.2 Å². The van der Waals surface area contributed by atoms with Gasteiger partial charge in [-0.25, -0.2) is 0 Å². The third kappa shape index (κ3) is 3.03. The molecule has 1 heterocycles. The zero-order chi connectivity index (χ0) is 19.6. The van der Waals surface area contributed by atoms with Gasteiger partial charge in [-0.15, -0.1) is 0 Å². The van der Waals surface area contributed by atoms with E-state index < -0.39 is 11.4 Å². The summed E-state index contributed by atoms with van der Waals surface area (Å²) >= 11 is 0. The first kappa shape index (κ1) is 18.5. The Labute approximate surface area is 165 Å². The van der Waals surface area contributed by atoms with Crippen LogP contribution in [0.4, 0.5) is 5.69 Å². The minimum absolute atomic E-state index is 0.246. The Hall–Kier alpha value is -2.88. The Balaban J connectivity index is 1.92. The van der Waals surface area contributed by atoms with Crippen molar-refractivity contribution in [3.8, 4) is 0 Å². The van der Waals surface area contributed by atoms with Crippen molar-refractivity contribution in [2.24, 2.45) is 5.41 Å². The maximum atomic E-state index is 13.5. The van der Waals surface area contributed by atoms with Gasteiger partial charge in [0.15, 0.2) is 5.41 Å². The summed E-state index contributed by atoms with van der Waals surface area (Å²) in [5.74, 6) is -1.02. The largest absolute Gasteiger partial charge is 0.465 e. The second-order valence-corrected chi connectivity index (χ2v) is 7.50. The van der Waals surface area contributed by atoms with E-state index in [1.54, 1.807) is 6.92 Å². The standard InChI is InChI=1S/C24H25NO3/c1-2-28-23(27)24(16-17-10-4-3-5-11-17)21(18-12-6-7-13-18)19-14-8-9-15-20(19)25-22(24)26/h3-5,8-12,14-15,21H,2,6-7,13,16H2,1H3,(H,25,26)/t21-,24+/m0/s1. The fraction of sp³-hybridized carbons (Fsp3) is 0.333. The summed E-state index contributed by atoms with van der Waals surface area (Å²) in [6.45, 7) is 2.03. The molecule has 28 heavy (non-hydrogen) atoms. The molecule has 4 nitrogen and oxygen atoms in total. The van der Waals surface area contributed by atoms with Crippen molar-refractivity contribution in [1.29, 1.82) is 0 Å². The van der Waals surface area contributed by atoms with E-state index >= 15 is 0 Å². The van der Waals surface area contributed by atoms with E-state index in [1.165, 1.54) is 5.57 Å². The van der Waals surface area contributed by atoms with Gasteiger partial charge in [0.05, 0.1) is 6.61 Å². The van der Waals surface area contributed by atoms with Gasteiger partial charge in [-0.05, 0) is 49.8 Å². The molecule has 0 unspecified atom stereocenters. The predicted molar refractivity (Wildman–Crippen MR) is 109 cm³/mol. The van der Waals surface area contributed by atoms with Crippen molar-refractivity contribution in [2.75, 3.05) is 11.9 Å². The molecule has 2 aromatic carbocycles. The Morgan fingerprint density at radius 3 is 2.61 bits per heavy atom. The molecule has 0 fully saturated rings. The zero-order valence-electron chi connectivity index (χ0n) is 16.1. The molecule has 0 aromatic heterocycles. The molecule has 0 spiro atoms. The number of esters is 1. The van der Waals surface area contributed by atoms with Crippen LogP contribution >= 0.6 is 0 Å². The lowest BCUT2D eigenvalue weighted by Gasteiger charge is -2.42. The summed E-state index contributed by atoms with van der Waals surface area (Å²) in [6.07, 6.45) is 5.47. The van der Waals surface area contributed by atoms with Gasteiger partial charge in [0.2, 0.25) is 5.91 Å². The first-order chi connectivity index (χ1) is 13.7. The number of carbonyl (C=O) groups is 2. The molecule has 0 radical (unpaired) electrons. The number of ether oxygens (including phenoxy) is 1. The first-order valence-corrected chi connectivity index (χ1v) is 9.97. The summed E-state index contributed by atoms with van der Waals surface area (Å²) in [5, 5.41) is 3.00. The van der Waals surface area contributed by atoms with E-state index in [-0.39, 0.29) is 18.4 Å². The summed E-state index contributed by atoms with van der Waals surface area (Å²) in [7, 11) is 0. The number of hydrogen-bond donors (Lipinski definition) is 1. The van der Waals surface area contributed by atoms with Crippen LogP contribution in [0.2, 0.25) is 0 Å². The van der Waals surface area contributed by atoms with E-state index in [0.29, 0.717) is 6.42 Å². The van der Waals surface area contributed by atoms with Gasteiger partial charge >= 0.3 is 5.97 Å². The molecule has 1 aliphatic carbocycles. The van der Waals surface area contributed by atoms with Gasteiger partial charge in [0.1, 0.15) is 0 Å². The maximum Gasteiger partial charge on any atom is 0.322 e. The second kappa shape index (κ2) is 7.63. The fourth-order valence-electron chi connectivity index (χ4n) is 4.61. The summed E-state index contributed by atoms with van der Waals surface area (Å²) in [4.78, 5) is 26.9. The fourth-order valence-corrected chi connectivity index (χ4v) is 4.61. The summed E-state index contributed by atoms with van der Waals surface area (Å²) in [5.41, 5.74) is 2.61. The predicted octanol–water partition coefficient (Wildman–Crippen LogP) is 4.62. The number of fused-ring (bicyclic) bond motifs is 1. The highest BCUT2D eigenvalue weighted by Crippen LogP contribution is 2.52. The molecule has 144 valence electrons. The minimum Gasteiger partial charge on any atom is -0.465 e. The molecule has 0 saturated carbocycles. The third-order valence-corrected chi connectivity index (χ3v) is 5.83. The lowest BCUT2D eigenvalue weighted by Crippen LogP contribution is -2.53. The van der Waals surface area contributed by atoms with Gasteiger partial charge in [0.25, 0.3) is 0 Å². The quantitative estimate of drug-likeness (QED) is 0.471. The van der Waals surface area contributed by atoms with E-state index in [0.717, 1.165) is 36.1 Å². The molecule has 2 atom stereocenters. The highest BCUT2D eigenvalue weighted by Gasteiger charge is 2.57. The Kier molecular flexibility index (Phi) is 5.03. The van der Waals surface area contributed by atoms with Crippen molar-refractivity contribution in [3.05, 3.63) is 77.4 Å². The lowest BCUT2D eigenvalue weighted by atomic mass is 9.62. The number of carbonyl (C=O) groups excluding carboxylic acids is 2. The SMILES string of the molecule is CCOC(=O)[C@@]1(Cc2ccccc2)C(=O)Nc2ccccc2[C@@H]1C1=CCCC1. The number of amides is 1. The van der Waals surface area contributed by atoms with Gasteiger partial charge in [-0.3, -0.25) is 9.59 Å². The summed E-state index contributed by atoms with van der Waals surface area (Å²) in [6, 6.07) is 17.6. The maximum absolute atomic E-state index is 13.5. The Morgan fingerprint density at radius 1 is 1.14 bits per heavy atom. The zero-order valence-corrected chi connectivity index (χ0v) is 16.1. The van der Waals surface area contributed by atoms with Crippen LogP contribution in [0.5, 0.6) is 0 Å². The van der Waals surface area contributed by atoms with E-state index in [9.17, 15) is 9.59 Å². The molecule has 2 aliphatic rings. The Morgan fingerprint density at radius 2 is 1.89 bits per heavy atom. The number of allylic oxidation sites excluding steroid dienone is 2. The van der Waals surface area contributed by atoms with Crippen molar-refractivity contribution in [3.63, 3.8) is 0 Å². The number of rotatable bonds is 5.